The predicted molar refractivity (Wildman–Crippen MR) is 218 cm³/mol. The number of aliphatic hydroxyl groups excluding tert-OH is 4. The lowest BCUT2D eigenvalue weighted by atomic mass is 10.2. The quantitative estimate of drug-likeness (QED) is 0.0531. The summed E-state index contributed by atoms with van der Waals surface area (Å²) in [5.74, 6) is -2.72. The topological polar surface area (TPSA) is 271 Å². The highest BCUT2D eigenvalue weighted by Crippen LogP contribution is 2.05. The minimum atomic E-state index is -0.954. The minimum Gasteiger partial charge on any atom is -0.481 e. The van der Waals surface area contributed by atoms with Crippen LogP contribution in [0.2, 0.25) is 0 Å². The molecule has 0 aliphatic carbocycles. The van der Waals surface area contributed by atoms with E-state index in [4.69, 9.17) is 29.9 Å². The summed E-state index contributed by atoms with van der Waals surface area (Å²) in [6, 6.07) is 28.4. The molecule has 1 heterocycles. The Bertz CT molecular complexity index is 1640. The Morgan fingerprint density at radius 3 is 1.33 bits per heavy atom. The number of esters is 2. The van der Waals surface area contributed by atoms with E-state index in [0.717, 1.165) is 23.3 Å². The monoisotopic (exact) mass is 841 g/mol. The Morgan fingerprint density at radius 1 is 0.633 bits per heavy atom. The van der Waals surface area contributed by atoms with Gasteiger partial charge in [0.15, 0.2) is 0 Å². The minimum absolute atomic E-state index is 0.00917. The highest BCUT2D eigenvalue weighted by molar-refractivity contribution is 5.82. The van der Waals surface area contributed by atoms with Crippen LogP contribution in [0.15, 0.2) is 91.0 Å². The van der Waals surface area contributed by atoms with Gasteiger partial charge in [0.05, 0.1) is 51.8 Å². The molecule has 2 atom stereocenters. The summed E-state index contributed by atoms with van der Waals surface area (Å²) >= 11 is 0. The maximum absolute atomic E-state index is 11.5. The summed E-state index contributed by atoms with van der Waals surface area (Å²) in [6.07, 6.45) is -0.888. The maximum atomic E-state index is 11.5. The second-order valence-corrected chi connectivity index (χ2v) is 13.0. The smallest absolute Gasteiger partial charge is 0.306 e. The maximum Gasteiger partial charge on any atom is 0.306 e. The summed E-state index contributed by atoms with van der Waals surface area (Å²) in [5.41, 5.74) is 2.99. The number of ether oxygens (including phenoxy) is 3. The Balaban J connectivity index is 0.000000427. The molecule has 1 aliphatic rings. The number of hydrogen-bond acceptors (Lipinski definition) is 13. The van der Waals surface area contributed by atoms with E-state index in [2.05, 4.69) is 20.7 Å². The zero-order chi connectivity index (χ0) is 44.4. The van der Waals surface area contributed by atoms with Gasteiger partial charge >= 0.3 is 17.9 Å². The Hall–Kier alpha value is -5.72. The first-order valence-corrected chi connectivity index (χ1v) is 19.5. The lowest BCUT2D eigenvalue weighted by molar-refractivity contribution is -0.154. The van der Waals surface area contributed by atoms with Gasteiger partial charge in [-0.15, -0.1) is 0 Å². The summed E-state index contributed by atoms with van der Waals surface area (Å²) in [5, 5.41) is 51.3. The van der Waals surface area contributed by atoms with Crippen LogP contribution in [0.3, 0.4) is 0 Å². The molecule has 0 bridgehead atoms. The van der Waals surface area contributed by atoms with Gasteiger partial charge in [0, 0.05) is 38.9 Å². The lowest BCUT2D eigenvalue weighted by Gasteiger charge is -2.12. The van der Waals surface area contributed by atoms with E-state index in [1.807, 2.05) is 91.0 Å². The van der Waals surface area contributed by atoms with Crippen LogP contribution in [0.4, 0.5) is 0 Å². The average molecular weight is 842 g/mol. The van der Waals surface area contributed by atoms with Gasteiger partial charge in [0.2, 0.25) is 17.7 Å². The van der Waals surface area contributed by atoms with Crippen molar-refractivity contribution in [3.63, 3.8) is 0 Å². The molecule has 1 saturated heterocycles. The number of aliphatic hydroxyl groups is 4. The second kappa shape index (κ2) is 33.1. The van der Waals surface area contributed by atoms with Gasteiger partial charge in [-0.2, -0.15) is 0 Å². The molecule has 1 fully saturated rings. The SMILES string of the molecule is CCC(O)COC(=O)CCC(=O)NCc1ccccc1.O=C(CCC(=O)OC(CO)CO)NCc1ccccc1.O=C(O)CCC(=O)NCc1ccccc1.OCC1CO1. The van der Waals surface area contributed by atoms with E-state index >= 15 is 0 Å². The van der Waals surface area contributed by atoms with Crippen LogP contribution in [0.1, 0.15) is 68.6 Å². The van der Waals surface area contributed by atoms with Crippen LogP contribution in [0.5, 0.6) is 0 Å². The molecule has 8 N–H and O–H groups in total. The second-order valence-electron chi connectivity index (χ2n) is 13.0. The number of rotatable bonds is 22. The number of amides is 3. The van der Waals surface area contributed by atoms with Gasteiger partial charge < -0.3 is 55.7 Å². The highest BCUT2D eigenvalue weighted by Gasteiger charge is 2.20. The van der Waals surface area contributed by atoms with Crippen molar-refractivity contribution in [2.45, 2.75) is 89.8 Å². The third kappa shape index (κ3) is 29.5. The summed E-state index contributed by atoms with van der Waals surface area (Å²) < 4.78 is 14.2. The molecule has 0 saturated carbocycles. The van der Waals surface area contributed by atoms with Crippen molar-refractivity contribution >= 4 is 35.6 Å². The van der Waals surface area contributed by atoms with Crippen LogP contribution in [0, 0.1) is 0 Å². The standard InChI is InChI=1S/C15H21NO4.C14H19NO5.C11H13NO3.C3H6O2/c1-2-13(17)11-20-15(19)9-8-14(18)16-10-12-6-4-3-5-7-12;16-9-12(10-17)20-14(19)7-6-13(18)15-8-11-4-2-1-3-5-11;13-10(6-7-11(14)15)12-8-9-4-2-1-3-5-9;4-1-3-2-5-3/h3-7,13,17H,2,8-11H2,1H3,(H,16,18);1-5,12,16-17H,6-10H2,(H,15,18);1-5H,6-8H2,(H,12,13)(H,14,15);3-4H,1-2H2. The van der Waals surface area contributed by atoms with Crippen LogP contribution >= 0.6 is 0 Å². The molecule has 0 aromatic heterocycles. The Labute approximate surface area is 350 Å². The molecule has 2 unspecified atom stereocenters. The van der Waals surface area contributed by atoms with E-state index in [0.29, 0.717) is 26.1 Å². The average Bonchev–Trinajstić information content (AvgIpc) is 4.13. The van der Waals surface area contributed by atoms with Crippen molar-refractivity contribution in [2.75, 3.05) is 33.0 Å². The first kappa shape index (κ1) is 52.3. The molecular weight excluding hydrogens is 782 g/mol. The number of carboxylic acid groups (broad SMARTS) is 1. The molecule has 3 aromatic rings. The van der Waals surface area contributed by atoms with Crippen molar-refractivity contribution in [3.8, 4) is 0 Å². The number of hydrogen-bond donors (Lipinski definition) is 8. The van der Waals surface area contributed by atoms with E-state index in [-0.39, 0.29) is 75.6 Å². The molecule has 0 spiro atoms. The zero-order valence-electron chi connectivity index (χ0n) is 33.9. The molecule has 60 heavy (non-hydrogen) atoms. The molecule has 4 rings (SSSR count). The van der Waals surface area contributed by atoms with Gasteiger partial charge in [-0.1, -0.05) is 97.9 Å². The lowest BCUT2D eigenvalue weighted by Crippen LogP contribution is -2.27. The fourth-order valence-corrected chi connectivity index (χ4v) is 4.24. The van der Waals surface area contributed by atoms with E-state index in [1.54, 1.807) is 6.92 Å². The van der Waals surface area contributed by atoms with E-state index < -0.39 is 43.3 Å². The normalized spacial score (nSPS) is 12.6. The number of carbonyl (C=O) groups excluding carboxylic acids is 5. The molecule has 1 aliphatic heterocycles. The van der Waals surface area contributed by atoms with Crippen LogP contribution < -0.4 is 16.0 Å². The number of carbonyl (C=O) groups is 6. The number of aliphatic carboxylic acids is 1. The summed E-state index contributed by atoms with van der Waals surface area (Å²) in [6.45, 7) is 3.16. The van der Waals surface area contributed by atoms with Crippen LogP contribution in [-0.2, 0) is 62.6 Å². The molecule has 3 aromatic carbocycles. The Kier molecular flexibility index (Phi) is 28.9. The zero-order valence-corrected chi connectivity index (χ0v) is 33.9. The summed E-state index contributed by atoms with van der Waals surface area (Å²) in [7, 11) is 0. The van der Waals surface area contributed by atoms with Crippen molar-refractivity contribution in [1.82, 2.24) is 16.0 Å². The molecule has 17 nitrogen and oxygen atoms in total. The van der Waals surface area contributed by atoms with Crippen molar-refractivity contribution in [3.05, 3.63) is 108 Å². The van der Waals surface area contributed by atoms with Gasteiger partial charge in [-0.05, 0) is 23.1 Å². The first-order valence-electron chi connectivity index (χ1n) is 19.5. The fraction of sp³-hybridized carbons (Fsp3) is 0.442. The number of epoxide rings is 1. The molecule has 17 heteroatoms. The highest BCUT2D eigenvalue weighted by atomic mass is 16.6. The van der Waals surface area contributed by atoms with Crippen molar-refractivity contribution in [1.29, 1.82) is 0 Å². The van der Waals surface area contributed by atoms with Crippen LogP contribution in [-0.4, -0.2) is 113 Å². The molecular formula is C43H59N3O14. The van der Waals surface area contributed by atoms with Crippen LogP contribution in [0.25, 0.3) is 0 Å². The molecule has 330 valence electrons. The van der Waals surface area contributed by atoms with E-state index in [1.165, 1.54) is 0 Å². The number of carboxylic acids is 1. The number of benzene rings is 3. The number of nitrogens with one attached hydrogen (secondary N) is 3. The summed E-state index contributed by atoms with van der Waals surface area (Å²) in [4.78, 5) is 67.1. The van der Waals surface area contributed by atoms with Gasteiger partial charge in [0.1, 0.15) is 18.8 Å². The van der Waals surface area contributed by atoms with Gasteiger partial charge in [-0.3, -0.25) is 28.8 Å². The predicted octanol–water partition coefficient (Wildman–Crippen LogP) is 1.92. The molecule has 3 amide bonds. The van der Waals surface area contributed by atoms with Gasteiger partial charge in [-0.25, -0.2) is 0 Å². The third-order valence-corrected chi connectivity index (χ3v) is 7.90. The van der Waals surface area contributed by atoms with Crippen molar-refractivity contribution in [2.24, 2.45) is 0 Å². The van der Waals surface area contributed by atoms with E-state index in [9.17, 15) is 33.9 Å². The van der Waals surface area contributed by atoms with Crippen molar-refractivity contribution < 1.29 is 68.5 Å². The molecule has 0 radical (unpaired) electrons. The third-order valence-electron chi connectivity index (χ3n) is 7.90. The largest absolute Gasteiger partial charge is 0.481 e. The Morgan fingerprint density at radius 2 is 1.02 bits per heavy atom. The van der Waals surface area contributed by atoms with Gasteiger partial charge in [0.25, 0.3) is 0 Å². The fourth-order valence-electron chi connectivity index (χ4n) is 4.24. The first-order chi connectivity index (χ1) is 28.9.